The summed E-state index contributed by atoms with van der Waals surface area (Å²) in [6.07, 6.45) is 1.13. The molecule has 1 amide bonds. The van der Waals surface area contributed by atoms with Crippen molar-refractivity contribution < 1.29 is 22.7 Å². The number of para-hydroxylation sites is 1. The number of benzene rings is 2. The molecule has 1 N–H and O–H groups in total. The molecule has 0 spiro atoms. The summed E-state index contributed by atoms with van der Waals surface area (Å²) in [5.41, 5.74) is 0. The van der Waals surface area contributed by atoms with E-state index in [1.807, 2.05) is 25.1 Å². The average Bonchev–Trinajstić information content (AvgIpc) is 2.74. The number of rotatable bonds is 8. The largest absolute Gasteiger partial charge is 0.494 e. The second-order valence-corrected chi connectivity index (χ2v) is 8.69. The lowest BCUT2D eigenvalue weighted by Gasteiger charge is -2.31. The monoisotopic (exact) mass is 418 g/mol. The van der Waals surface area contributed by atoms with Crippen LogP contribution in [0.1, 0.15) is 19.8 Å². The summed E-state index contributed by atoms with van der Waals surface area (Å²) in [7, 11) is -3.55. The number of amides is 1. The molecule has 3 rings (SSSR count). The van der Waals surface area contributed by atoms with Gasteiger partial charge in [0.25, 0.3) is 5.91 Å². The standard InChI is InChI=1S/C21H26N2O5S/c1-2-27-19-8-10-20(11-9-19)29(25,26)23-14-12-17(13-15-23)22-21(24)16-28-18-6-4-3-5-7-18/h3-11,17H,2,12-16H2,1H3,(H,22,24). The Hall–Kier alpha value is -2.58. The maximum atomic E-state index is 12.8. The predicted molar refractivity (Wildman–Crippen MR) is 109 cm³/mol. The molecule has 0 unspecified atom stereocenters. The van der Waals surface area contributed by atoms with Gasteiger partial charge in [-0.3, -0.25) is 4.79 Å². The Morgan fingerprint density at radius 1 is 1.00 bits per heavy atom. The fourth-order valence-corrected chi connectivity index (χ4v) is 4.67. The Morgan fingerprint density at radius 2 is 1.62 bits per heavy atom. The van der Waals surface area contributed by atoms with Crippen molar-refractivity contribution in [2.24, 2.45) is 0 Å². The molecule has 1 aliphatic rings. The molecule has 29 heavy (non-hydrogen) atoms. The lowest BCUT2D eigenvalue weighted by atomic mass is 10.1. The van der Waals surface area contributed by atoms with Crippen LogP contribution in [0.15, 0.2) is 59.5 Å². The second kappa shape index (κ2) is 9.76. The maximum Gasteiger partial charge on any atom is 0.258 e. The van der Waals surface area contributed by atoms with Crippen LogP contribution in [-0.2, 0) is 14.8 Å². The van der Waals surface area contributed by atoms with Gasteiger partial charge in [-0.05, 0) is 56.2 Å². The topological polar surface area (TPSA) is 84.9 Å². The highest BCUT2D eigenvalue weighted by Crippen LogP contribution is 2.23. The van der Waals surface area contributed by atoms with Crippen molar-refractivity contribution >= 4 is 15.9 Å². The summed E-state index contributed by atoms with van der Waals surface area (Å²) in [6, 6.07) is 15.5. The van der Waals surface area contributed by atoms with Gasteiger partial charge in [0.15, 0.2) is 6.61 Å². The summed E-state index contributed by atoms with van der Waals surface area (Å²) in [5.74, 6) is 1.08. The zero-order valence-electron chi connectivity index (χ0n) is 16.4. The Kier molecular flexibility index (Phi) is 7.11. The minimum atomic E-state index is -3.55. The van der Waals surface area contributed by atoms with Gasteiger partial charge in [-0.1, -0.05) is 18.2 Å². The van der Waals surface area contributed by atoms with E-state index in [4.69, 9.17) is 9.47 Å². The van der Waals surface area contributed by atoms with Crippen LogP contribution in [0.4, 0.5) is 0 Å². The molecular weight excluding hydrogens is 392 g/mol. The Bertz CT molecular complexity index is 892. The van der Waals surface area contributed by atoms with Crippen LogP contribution >= 0.6 is 0 Å². The van der Waals surface area contributed by atoms with Gasteiger partial charge in [0.1, 0.15) is 11.5 Å². The number of carbonyl (C=O) groups excluding carboxylic acids is 1. The first-order valence-electron chi connectivity index (χ1n) is 9.69. The van der Waals surface area contributed by atoms with Crippen LogP contribution in [0.3, 0.4) is 0 Å². The maximum absolute atomic E-state index is 12.8. The summed E-state index contributed by atoms with van der Waals surface area (Å²) < 4.78 is 37.9. The quantitative estimate of drug-likeness (QED) is 0.712. The normalized spacial score (nSPS) is 15.6. The van der Waals surface area contributed by atoms with Crippen LogP contribution in [0.5, 0.6) is 11.5 Å². The molecule has 1 fully saturated rings. The molecule has 0 saturated carbocycles. The zero-order valence-corrected chi connectivity index (χ0v) is 17.2. The molecule has 1 saturated heterocycles. The first-order valence-corrected chi connectivity index (χ1v) is 11.1. The van der Waals surface area contributed by atoms with Crippen molar-refractivity contribution in [3.05, 3.63) is 54.6 Å². The van der Waals surface area contributed by atoms with Crippen molar-refractivity contribution in [2.75, 3.05) is 26.3 Å². The van der Waals surface area contributed by atoms with Crippen LogP contribution in [0, 0.1) is 0 Å². The van der Waals surface area contributed by atoms with Crippen molar-refractivity contribution in [3.63, 3.8) is 0 Å². The van der Waals surface area contributed by atoms with E-state index in [-0.39, 0.29) is 23.5 Å². The van der Waals surface area contributed by atoms with Gasteiger partial charge >= 0.3 is 0 Å². The van der Waals surface area contributed by atoms with E-state index < -0.39 is 10.0 Å². The number of ether oxygens (including phenoxy) is 2. The van der Waals surface area contributed by atoms with Crippen LogP contribution in [0.2, 0.25) is 0 Å². The van der Waals surface area contributed by atoms with Crippen LogP contribution in [0.25, 0.3) is 0 Å². The van der Waals surface area contributed by atoms with E-state index in [0.29, 0.717) is 44.0 Å². The number of nitrogens with zero attached hydrogens (tertiary/aromatic N) is 1. The summed E-state index contributed by atoms with van der Waals surface area (Å²) in [6.45, 7) is 3.07. The molecule has 7 nitrogen and oxygen atoms in total. The third-order valence-electron chi connectivity index (χ3n) is 4.70. The highest BCUT2D eigenvalue weighted by Gasteiger charge is 2.30. The molecule has 2 aromatic rings. The number of sulfonamides is 1. The summed E-state index contributed by atoms with van der Waals surface area (Å²) in [5, 5.41) is 2.92. The minimum absolute atomic E-state index is 0.0608. The summed E-state index contributed by atoms with van der Waals surface area (Å²) in [4.78, 5) is 12.3. The molecule has 1 aliphatic heterocycles. The average molecular weight is 419 g/mol. The minimum Gasteiger partial charge on any atom is -0.494 e. The van der Waals surface area contributed by atoms with Crippen molar-refractivity contribution in [3.8, 4) is 11.5 Å². The number of carbonyl (C=O) groups is 1. The van der Waals surface area contributed by atoms with Crippen LogP contribution in [-0.4, -0.2) is 51.0 Å². The third-order valence-corrected chi connectivity index (χ3v) is 6.62. The molecule has 0 aromatic heterocycles. The molecular formula is C21H26N2O5S. The molecule has 1 heterocycles. The van der Waals surface area contributed by atoms with Gasteiger partial charge in [-0.25, -0.2) is 8.42 Å². The number of hydrogen-bond acceptors (Lipinski definition) is 5. The van der Waals surface area contributed by atoms with E-state index in [0.717, 1.165) is 0 Å². The molecule has 156 valence electrons. The molecule has 0 atom stereocenters. The lowest BCUT2D eigenvalue weighted by molar-refractivity contribution is -0.124. The Morgan fingerprint density at radius 3 is 2.24 bits per heavy atom. The van der Waals surface area contributed by atoms with E-state index >= 15 is 0 Å². The van der Waals surface area contributed by atoms with Crippen molar-refractivity contribution in [1.82, 2.24) is 9.62 Å². The van der Waals surface area contributed by atoms with E-state index in [1.54, 1.807) is 36.4 Å². The fourth-order valence-electron chi connectivity index (χ4n) is 3.20. The van der Waals surface area contributed by atoms with Crippen molar-refractivity contribution in [1.29, 1.82) is 0 Å². The smallest absolute Gasteiger partial charge is 0.258 e. The summed E-state index contributed by atoms with van der Waals surface area (Å²) >= 11 is 0. The molecule has 0 radical (unpaired) electrons. The first-order chi connectivity index (χ1) is 14.0. The lowest BCUT2D eigenvalue weighted by Crippen LogP contribution is -2.47. The molecule has 0 bridgehead atoms. The third kappa shape index (κ3) is 5.71. The van der Waals surface area contributed by atoms with Gasteiger partial charge in [-0.15, -0.1) is 0 Å². The number of piperidine rings is 1. The highest BCUT2D eigenvalue weighted by molar-refractivity contribution is 7.89. The Labute approximate surface area is 171 Å². The predicted octanol–water partition coefficient (Wildman–Crippen LogP) is 2.43. The number of hydrogen-bond donors (Lipinski definition) is 1. The van der Waals surface area contributed by atoms with Gasteiger partial charge in [0, 0.05) is 19.1 Å². The van der Waals surface area contributed by atoms with Crippen LogP contribution < -0.4 is 14.8 Å². The van der Waals surface area contributed by atoms with Gasteiger partial charge in [0.2, 0.25) is 10.0 Å². The fraction of sp³-hybridized carbons (Fsp3) is 0.381. The Balaban J connectivity index is 1.48. The van der Waals surface area contributed by atoms with Gasteiger partial charge in [-0.2, -0.15) is 4.31 Å². The van der Waals surface area contributed by atoms with Crippen molar-refractivity contribution in [2.45, 2.75) is 30.7 Å². The molecule has 8 heteroatoms. The van der Waals surface area contributed by atoms with E-state index in [2.05, 4.69) is 5.32 Å². The second-order valence-electron chi connectivity index (χ2n) is 6.75. The SMILES string of the molecule is CCOc1ccc(S(=O)(=O)N2CCC(NC(=O)COc3ccccc3)CC2)cc1. The van der Waals surface area contributed by atoms with E-state index in [1.165, 1.54) is 4.31 Å². The molecule has 2 aromatic carbocycles. The van der Waals surface area contributed by atoms with E-state index in [9.17, 15) is 13.2 Å². The molecule has 0 aliphatic carbocycles. The number of nitrogens with one attached hydrogen (secondary N) is 1. The first kappa shape index (κ1) is 21.1. The van der Waals surface area contributed by atoms with Gasteiger partial charge in [0.05, 0.1) is 11.5 Å². The highest BCUT2D eigenvalue weighted by atomic mass is 32.2. The van der Waals surface area contributed by atoms with Gasteiger partial charge < -0.3 is 14.8 Å². The zero-order chi connectivity index (χ0) is 20.7.